The van der Waals surface area contributed by atoms with E-state index in [9.17, 15) is 10.4 Å². The number of hydrogen-bond acceptors (Lipinski definition) is 3. The van der Waals surface area contributed by atoms with E-state index < -0.39 is 11.0 Å². The quantitative estimate of drug-likeness (QED) is 0.773. The number of nitrogens with one attached hydrogen (secondary N) is 1. The van der Waals surface area contributed by atoms with Gasteiger partial charge in [-0.1, -0.05) is 26.2 Å². The zero-order chi connectivity index (χ0) is 12.4. The Balaban J connectivity index is 2.29. The highest BCUT2D eigenvalue weighted by Gasteiger charge is 2.55. The molecule has 3 heteroatoms. The Morgan fingerprint density at radius 1 is 1.29 bits per heavy atom. The second-order valence-electron chi connectivity index (χ2n) is 5.74. The topological polar surface area (TPSA) is 56.0 Å². The molecule has 2 atom stereocenters. The van der Waals surface area contributed by atoms with Crippen LogP contribution in [0.2, 0.25) is 0 Å². The van der Waals surface area contributed by atoms with E-state index in [0.29, 0.717) is 0 Å². The van der Waals surface area contributed by atoms with Gasteiger partial charge in [0, 0.05) is 12.5 Å². The van der Waals surface area contributed by atoms with Crippen LogP contribution in [0, 0.1) is 22.7 Å². The number of rotatable bonds is 2. The van der Waals surface area contributed by atoms with E-state index >= 15 is 0 Å². The molecule has 1 heterocycles. The summed E-state index contributed by atoms with van der Waals surface area (Å²) in [7, 11) is 0. The lowest BCUT2D eigenvalue weighted by Crippen LogP contribution is -2.60. The van der Waals surface area contributed by atoms with E-state index in [2.05, 4.69) is 18.3 Å². The fourth-order valence-electron chi connectivity index (χ4n) is 3.84. The molecular formula is C14H24N2O. The monoisotopic (exact) mass is 236 g/mol. The molecule has 2 fully saturated rings. The smallest absolute Gasteiger partial charge is 0.0885 e. The third-order valence-electron chi connectivity index (χ3n) is 4.99. The molecule has 0 radical (unpaired) electrons. The first kappa shape index (κ1) is 12.9. The zero-order valence-corrected chi connectivity index (χ0v) is 10.8. The third kappa shape index (κ3) is 1.98. The maximum atomic E-state index is 11.1. The van der Waals surface area contributed by atoms with Gasteiger partial charge in [-0.05, 0) is 32.2 Å². The van der Waals surface area contributed by atoms with Gasteiger partial charge in [-0.15, -0.1) is 0 Å². The van der Waals surface area contributed by atoms with Crippen molar-refractivity contribution in [1.29, 1.82) is 5.26 Å². The minimum atomic E-state index is -0.762. The normalized spacial score (nSPS) is 37.4. The lowest BCUT2D eigenvalue weighted by molar-refractivity contribution is -0.131. The van der Waals surface area contributed by atoms with Gasteiger partial charge in [0.15, 0.2) is 0 Å². The highest BCUT2D eigenvalue weighted by molar-refractivity contribution is 5.15. The Morgan fingerprint density at radius 3 is 2.59 bits per heavy atom. The average Bonchev–Trinajstić information content (AvgIpc) is 2.40. The number of aliphatic hydroxyl groups is 1. The van der Waals surface area contributed by atoms with Gasteiger partial charge in [0.2, 0.25) is 0 Å². The van der Waals surface area contributed by atoms with E-state index in [1.165, 1.54) is 6.42 Å². The molecule has 2 aliphatic rings. The minimum Gasteiger partial charge on any atom is -0.388 e. The molecule has 96 valence electrons. The molecule has 1 aliphatic carbocycles. The molecule has 0 aromatic carbocycles. The molecule has 1 saturated heterocycles. The van der Waals surface area contributed by atoms with Crippen LogP contribution in [0.5, 0.6) is 0 Å². The van der Waals surface area contributed by atoms with Gasteiger partial charge < -0.3 is 10.4 Å². The molecular weight excluding hydrogens is 212 g/mol. The van der Waals surface area contributed by atoms with Gasteiger partial charge in [0.1, 0.15) is 0 Å². The summed E-state index contributed by atoms with van der Waals surface area (Å²) in [4.78, 5) is 0. The predicted molar refractivity (Wildman–Crippen MR) is 67.3 cm³/mol. The van der Waals surface area contributed by atoms with Crippen LogP contribution in [0.3, 0.4) is 0 Å². The van der Waals surface area contributed by atoms with E-state index in [-0.39, 0.29) is 5.92 Å². The molecule has 1 aliphatic heterocycles. The molecule has 2 unspecified atom stereocenters. The molecule has 2 rings (SSSR count). The van der Waals surface area contributed by atoms with Gasteiger partial charge in [-0.2, -0.15) is 5.26 Å². The van der Waals surface area contributed by atoms with Crippen LogP contribution >= 0.6 is 0 Å². The molecule has 3 nitrogen and oxygen atoms in total. The Labute approximate surface area is 104 Å². The van der Waals surface area contributed by atoms with Crippen LogP contribution in [0.1, 0.15) is 51.9 Å². The van der Waals surface area contributed by atoms with Crippen LogP contribution in [-0.2, 0) is 0 Å². The first-order chi connectivity index (χ1) is 8.18. The van der Waals surface area contributed by atoms with E-state index in [1.807, 2.05) is 0 Å². The lowest BCUT2D eigenvalue weighted by atomic mass is 9.57. The van der Waals surface area contributed by atoms with Crippen molar-refractivity contribution in [3.8, 4) is 6.07 Å². The first-order valence-electron chi connectivity index (χ1n) is 7.03. The fraction of sp³-hybridized carbons (Fsp3) is 0.929. The summed E-state index contributed by atoms with van der Waals surface area (Å²) in [5.41, 5.74) is -1.24. The SMILES string of the molecule is CCC1CNCCC1(O)C1(C#N)CCCCC1. The van der Waals surface area contributed by atoms with E-state index in [1.54, 1.807) is 0 Å². The van der Waals surface area contributed by atoms with Crippen molar-refractivity contribution in [3.05, 3.63) is 0 Å². The van der Waals surface area contributed by atoms with Gasteiger partial charge >= 0.3 is 0 Å². The standard InChI is InChI=1S/C14H24N2O/c1-2-12-10-16-9-8-14(12,17)13(11-15)6-4-3-5-7-13/h12,16-17H,2-10H2,1H3. The third-order valence-corrected chi connectivity index (χ3v) is 4.99. The highest BCUT2D eigenvalue weighted by atomic mass is 16.3. The molecule has 17 heavy (non-hydrogen) atoms. The Bertz CT molecular complexity index is 304. The van der Waals surface area contributed by atoms with Crippen molar-refractivity contribution in [2.45, 2.75) is 57.5 Å². The molecule has 2 N–H and O–H groups in total. The Morgan fingerprint density at radius 2 is 2.00 bits per heavy atom. The minimum absolute atomic E-state index is 0.231. The predicted octanol–water partition coefficient (Wildman–Crippen LogP) is 2.21. The first-order valence-corrected chi connectivity index (χ1v) is 7.03. The summed E-state index contributed by atoms with van der Waals surface area (Å²) in [5.74, 6) is 0.231. The number of nitriles is 1. The van der Waals surface area contributed by atoms with Crippen molar-refractivity contribution in [2.24, 2.45) is 11.3 Å². The van der Waals surface area contributed by atoms with Crippen molar-refractivity contribution in [3.63, 3.8) is 0 Å². The van der Waals surface area contributed by atoms with Crippen LogP contribution in [0.25, 0.3) is 0 Å². The average molecular weight is 236 g/mol. The second kappa shape index (κ2) is 4.96. The maximum absolute atomic E-state index is 11.1. The maximum Gasteiger partial charge on any atom is 0.0885 e. The molecule has 0 aromatic rings. The summed E-state index contributed by atoms with van der Waals surface area (Å²) in [6.45, 7) is 3.82. The van der Waals surface area contributed by atoms with Crippen molar-refractivity contribution in [1.82, 2.24) is 5.32 Å². The Hall–Kier alpha value is -0.590. The summed E-state index contributed by atoms with van der Waals surface area (Å²) < 4.78 is 0. The van der Waals surface area contributed by atoms with E-state index in [4.69, 9.17) is 0 Å². The summed E-state index contributed by atoms with van der Waals surface area (Å²) in [5, 5.41) is 24.1. The van der Waals surface area contributed by atoms with Crippen LogP contribution < -0.4 is 5.32 Å². The molecule has 0 spiro atoms. The summed E-state index contributed by atoms with van der Waals surface area (Å²) in [6.07, 6.45) is 6.87. The van der Waals surface area contributed by atoms with Crippen LogP contribution in [0.4, 0.5) is 0 Å². The number of piperidine rings is 1. The van der Waals surface area contributed by atoms with Gasteiger partial charge in [0.25, 0.3) is 0 Å². The fourth-order valence-corrected chi connectivity index (χ4v) is 3.84. The van der Waals surface area contributed by atoms with Crippen molar-refractivity contribution in [2.75, 3.05) is 13.1 Å². The molecule has 0 bridgehead atoms. The van der Waals surface area contributed by atoms with Gasteiger partial charge in [-0.3, -0.25) is 0 Å². The number of hydrogen-bond donors (Lipinski definition) is 2. The number of nitrogens with zero attached hydrogens (tertiary/aromatic N) is 1. The zero-order valence-electron chi connectivity index (χ0n) is 10.8. The van der Waals surface area contributed by atoms with Crippen molar-refractivity contribution < 1.29 is 5.11 Å². The summed E-state index contributed by atoms with van der Waals surface area (Å²) in [6, 6.07) is 2.51. The second-order valence-corrected chi connectivity index (χ2v) is 5.74. The molecule has 1 saturated carbocycles. The highest BCUT2D eigenvalue weighted by Crippen LogP contribution is 2.50. The van der Waals surface area contributed by atoms with E-state index in [0.717, 1.165) is 51.6 Å². The van der Waals surface area contributed by atoms with Gasteiger partial charge in [-0.25, -0.2) is 0 Å². The molecule has 0 aromatic heterocycles. The van der Waals surface area contributed by atoms with Crippen LogP contribution in [0.15, 0.2) is 0 Å². The largest absolute Gasteiger partial charge is 0.388 e. The molecule has 0 amide bonds. The van der Waals surface area contributed by atoms with Crippen LogP contribution in [-0.4, -0.2) is 23.8 Å². The lowest BCUT2D eigenvalue weighted by Gasteiger charge is -2.51. The van der Waals surface area contributed by atoms with Gasteiger partial charge in [0.05, 0.1) is 17.1 Å². The Kier molecular flexibility index (Phi) is 3.75. The van der Waals surface area contributed by atoms with Crippen molar-refractivity contribution >= 4 is 0 Å². The summed E-state index contributed by atoms with van der Waals surface area (Å²) >= 11 is 0.